The monoisotopic (exact) mass is 446 g/mol. The summed E-state index contributed by atoms with van der Waals surface area (Å²) in [4.78, 5) is 0. The molecule has 2 heteroatoms. The molecule has 0 bridgehead atoms. The fourth-order valence-corrected chi connectivity index (χ4v) is 4.32. The maximum atomic E-state index is 3.67. The average Bonchev–Trinajstić information content (AvgIpc) is 2.87. The van der Waals surface area contributed by atoms with Gasteiger partial charge in [-0.2, -0.15) is 0 Å². The quantitative estimate of drug-likeness (QED) is 0.355. The smallest absolute Gasteiger partial charge is 0.0181 e. The van der Waals surface area contributed by atoms with Crippen LogP contribution in [0.5, 0.6) is 0 Å². The standard InChI is InChI=1S/C22H24Br2/c1-3-5-7-15(8-6-4-2)22-20-13-16(23)9-11-18(20)19-12-10-17(24)14-21(19)22/h9-14H,3-8H2,1-2H3. The number of fused-ring (bicyclic) bond motifs is 3. The Morgan fingerprint density at radius 2 is 1.17 bits per heavy atom. The SMILES string of the molecule is CCCCC(CCCC)=C1c2cc(Br)ccc2-c2ccc(Br)cc21. The van der Waals surface area contributed by atoms with Crippen molar-refractivity contribution in [1.29, 1.82) is 0 Å². The summed E-state index contributed by atoms with van der Waals surface area (Å²) in [5.41, 5.74) is 8.68. The van der Waals surface area contributed by atoms with E-state index in [4.69, 9.17) is 0 Å². The van der Waals surface area contributed by atoms with Crippen molar-refractivity contribution in [3.8, 4) is 11.1 Å². The lowest BCUT2D eigenvalue weighted by Crippen LogP contribution is -1.93. The molecule has 1 aliphatic carbocycles. The van der Waals surface area contributed by atoms with E-state index in [9.17, 15) is 0 Å². The first-order valence-corrected chi connectivity index (χ1v) is 10.6. The molecule has 0 spiro atoms. The zero-order chi connectivity index (χ0) is 17.1. The van der Waals surface area contributed by atoms with Gasteiger partial charge in [-0.25, -0.2) is 0 Å². The molecule has 0 unspecified atom stereocenters. The second-order valence-electron chi connectivity index (χ2n) is 6.57. The van der Waals surface area contributed by atoms with Crippen LogP contribution in [-0.2, 0) is 0 Å². The fourth-order valence-electron chi connectivity index (χ4n) is 3.60. The van der Waals surface area contributed by atoms with Crippen molar-refractivity contribution in [2.45, 2.75) is 52.4 Å². The minimum absolute atomic E-state index is 1.16. The molecule has 1 aliphatic rings. The van der Waals surface area contributed by atoms with Crippen LogP contribution in [0.4, 0.5) is 0 Å². The molecule has 0 aromatic heterocycles. The van der Waals surface area contributed by atoms with Crippen LogP contribution in [0.3, 0.4) is 0 Å². The Labute approximate surface area is 162 Å². The van der Waals surface area contributed by atoms with E-state index >= 15 is 0 Å². The summed E-state index contributed by atoms with van der Waals surface area (Å²) in [7, 11) is 0. The number of rotatable bonds is 6. The molecular weight excluding hydrogens is 424 g/mol. The highest BCUT2D eigenvalue weighted by Gasteiger charge is 2.26. The Bertz CT molecular complexity index is 708. The Balaban J connectivity index is 2.22. The van der Waals surface area contributed by atoms with E-state index in [0.29, 0.717) is 0 Å². The van der Waals surface area contributed by atoms with Gasteiger partial charge in [0.1, 0.15) is 0 Å². The molecule has 0 atom stereocenters. The van der Waals surface area contributed by atoms with Gasteiger partial charge in [0.25, 0.3) is 0 Å². The van der Waals surface area contributed by atoms with Crippen molar-refractivity contribution in [2.24, 2.45) is 0 Å². The highest BCUT2D eigenvalue weighted by atomic mass is 79.9. The first kappa shape index (κ1) is 17.9. The molecule has 2 aromatic rings. The number of halogens is 2. The summed E-state index contributed by atoms with van der Waals surface area (Å²) in [6.45, 7) is 4.57. The average molecular weight is 448 g/mol. The van der Waals surface area contributed by atoms with Gasteiger partial charge in [0.05, 0.1) is 0 Å². The van der Waals surface area contributed by atoms with Crippen molar-refractivity contribution in [1.82, 2.24) is 0 Å². The molecule has 24 heavy (non-hydrogen) atoms. The van der Waals surface area contributed by atoms with E-state index < -0.39 is 0 Å². The molecule has 0 aliphatic heterocycles. The Morgan fingerprint density at radius 1 is 0.708 bits per heavy atom. The van der Waals surface area contributed by atoms with E-state index in [2.05, 4.69) is 82.1 Å². The minimum Gasteiger partial charge on any atom is -0.0654 e. The van der Waals surface area contributed by atoms with Gasteiger partial charge in [0.15, 0.2) is 0 Å². The molecule has 0 saturated heterocycles. The summed E-state index contributed by atoms with van der Waals surface area (Å²) < 4.78 is 2.33. The van der Waals surface area contributed by atoms with Gasteiger partial charge in [-0.1, -0.05) is 76.3 Å². The number of benzene rings is 2. The normalized spacial score (nSPS) is 12.2. The van der Waals surface area contributed by atoms with Crippen LogP contribution in [0.15, 0.2) is 50.9 Å². The molecular formula is C22H24Br2. The fraction of sp³-hybridized carbons (Fsp3) is 0.364. The van der Waals surface area contributed by atoms with Crippen LogP contribution in [0.1, 0.15) is 63.5 Å². The minimum atomic E-state index is 1.16. The van der Waals surface area contributed by atoms with Crippen LogP contribution in [0.2, 0.25) is 0 Å². The van der Waals surface area contributed by atoms with Gasteiger partial charge in [0.2, 0.25) is 0 Å². The molecule has 0 amide bonds. The van der Waals surface area contributed by atoms with E-state index in [1.165, 1.54) is 66.4 Å². The number of allylic oxidation sites excluding steroid dienone is 1. The number of hydrogen-bond donors (Lipinski definition) is 0. The lowest BCUT2D eigenvalue weighted by Gasteiger charge is -2.14. The molecule has 0 nitrogen and oxygen atoms in total. The summed E-state index contributed by atoms with van der Waals surface area (Å²) >= 11 is 7.35. The maximum absolute atomic E-state index is 3.67. The maximum Gasteiger partial charge on any atom is 0.0181 e. The Hall–Kier alpha value is -0.860. The first-order chi connectivity index (χ1) is 11.7. The third-order valence-electron chi connectivity index (χ3n) is 4.81. The number of unbranched alkanes of at least 4 members (excludes halogenated alkanes) is 2. The molecule has 0 N–H and O–H groups in total. The van der Waals surface area contributed by atoms with Crippen LogP contribution >= 0.6 is 31.9 Å². The molecule has 2 aromatic carbocycles. The van der Waals surface area contributed by atoms with Crippen molar-refractivity contribution in [3.05, 3.63) is 62.0 Å². The third kappa shape index (κ3) is 3.55. The molecule has 126 valence electrons. The van der Waals surface area contributed by atoms with Gasteiger partial charge in [0, 0.05) is 8.95 Å². The van der Waals surface area contributed by atoms with Crippen LogP contribution < -0.4 is 0 Å². The summed E-state index contributed by atoms with van der Waals surface area (Å²) in [6.07, 6.45) is 7.47. The van der Waals surface area contributed by atoms with Gasteiger partial charge in [-0.3, -0.25) is 0 Å². The van der Waals surface area contributed by atoms with Crippen molar-refractivity contribution in [3.63, 3.8) is 0 Å². The molecule has 0 saturated carbocycles. The molecule has 0 fully saturated rings. The number of hydrogen-bond acceptors (Lipinski definition) is 0. The van der Waals surface area contributed by atoms with Crippen molar-refractivity contribution < 1.29 is 0 Å². The van der Waals surface area contributed by atoms with Crippen LogP contribution in [0, 0.1) is 0 Å². The van der Waals surface area contributed by atoms with E-state index in [1.54, 1.807) is 5.57 Å². The largest absolute Gasteiger partial charge is 0.0654 e. The van der Waals surface area contributed by atoms with E-state index in [1.807, 2.05) is 0 Å². The van der Waals surface area contributed by atoms with Crippen molar-refractivity contribution >= 4 is 37.4 Å². The van der Waals surface area contributed by atoms with Crippen molar-refractivity contribution in [2.75, 3.05) is 0 Å². The summed E-state index contributed by atoms with van der Waals surface area (Å²) in [5.74, 6) is 0. The van der Waals surface area contributed by atoms with E-state index in [-0.39, 0.29) is 0 Å². The second-order valence-corrected chi connectivity index (χ2v) is 8.40. The van der Waals surface area contributed by atoms with E-state index in [0.717, 1.165) is 8.95 Å². The van der Waals surface area contributed by atoms with Gasteiger partial charge < -0.3 is 0 Å². The topological polar surface area (TPSA) is 0 Å². The predicted octanol–water partition coefficient (Wildman–Crippen LogP) is 8.37. The van der Waals surface area contributed by atoms with Crippen LogP contribution in [-0.4, -0.2) is 0 Å². The molecule has 3 rings (SSSR count). The Kier molecular flexibility index (Phi) is 5.99. The lowest BCUT2D eigenvalue weighted by atomic mass is 9.91. The van der Waals surface area contributed by atoms with Crippen LogP contribution in [0.25, 0.3) is 16.7 Å². The van der Waals surface area contributed by atoms with Gasteiger partial charge >= 0.3 is 0 Å². The summed E-state index contributed by atoms with van der Waals surface area (Å²) in [5, 5.41) is 0. The highest BCUT2D eigenvalue weighted by Crippen LogP contribution is 2.48. The zero-order valence-corrected chi connectivity index (χ0v) is 17.6. The molecule has 0 radical (unpaired) electrons. The molecule has 0 heterocycles. The highest BCUT2D eigenvalue weighted by molar-refractivity contribution is 9.10. The van der Waals surface area contributed by atoms with Gasteiger partial charge in [-0.15, -0.1) is 0 Å². The third-order valence-corrected chi connectivity index (χ3v) is 5.80. The predicted molar refractivity (Wildman–Crippen MR) is 112 cm³/mol. The lowest BCUT2D eigenvalue weighted by molar-refractivity contribution is 0.715. The summed E-state index contributed by atoms with van der Waals surface area (Å²) in [6, 6.07) is 13.4. The Morgan fingerprint density at radius 3 is 1.58 bits per heavy atom. The first-order valence-electron chi connectivity index (χ1n) is 8.98. The second kappa shape index (κ2) is 8.01. The zero-order valence-electron chi connectivity index (χ0n) is 14.5. The van der Waals surface area contributed by atoms with Gasteiger partial charge in [-0.05, 0) is 77.8 Å².